The number of nitrogens with one attached hydrogen (secondary N) is 1. The smallest absolute Gasteiger partial charge is 0.417 e. The van der Waals surface area contributed by atoms with Crippen molar-refractivity contribution < 1.29 is 32.6 Å². The molecule has 0 saturated carbocycles. The van der Waals surface area contributed by atoms with E-state index in [1.807, 2.05) is 5.32 Å². The third-order valence-corrected chi connectivity index (χ3v) is 3.19. The van der Waals surface area contributed by atoms with Crippen molar-refractivity contribution in [2.45, 2.75) is 31.6 Å². The van der Waals surface area contributed by atoms with Crippen molar-refractivity contribution in [3.63, 3.8) is 0 Å². The number of carbonyl (C=O) groups is 2. The first-order chi connectivity index (χ1) is 9.09. The van der Waals surface area contributed by atoms with Gasteiger partial charge in [-0.3, -0.25) is 10.1 Å². The van der Waals surface area contributed by atoms with Crippen LogP contribution in [0, 0.1) is 0 Å². The third kappa shape index (κ3) is 3.40. The highest BCUT2D eigenvalue weighted by Crippen LogP contribution is 2.31. The van der Waals surface area contributed by atoms with E-state index in [1.165, 1.54) is 11.8 Å². The Labute approximate surface area is 113 Å². The van der Waals surface area contributed by atoms with Crippen molar-refractivity contribution in [1.29, 1.82) is 0 Å². The first kappa shape index (κ1) is 16.7. The predicted octanol–water partition coefficient (Wildman–Crippen LogP) is 0.229. The molecule has 1 fully saturated rings. The molecule has 0 radical (unpaired) electrons. The molecule has 0 aromatic rings. The normalized spacial score (nSPS) is 21.1. The van der Waals surface area contributed by atoms with Gasteiger partial charge in [-0.1, -0.05) is 0 Å². The number of aliphatic carboxylic acids is 1. The van der Waals surface area contributed by atoms with E-state index >= 15 is 0 Å². The number of ether oxygens (including phenoxy) is 1. The monoisotopic (exact) mass is 298 g/mol. The number of halogens is 3. The zero-order chi connectivity index (χ0) is 15.6. The summed E-state index contributed by atoms with van der Waals surface area (Å²) in [6.45, 7) is 2.90. The van der Waals surface area contributed by atoms with Crippen LogP contribution in [0.1, 0.15) is 13.8 Å². The number of nitrogens with zero attached hydrogens (tertiary/aromatic N) is 1. The summed E-state index contributed by atoms with van der Waals surface area (Å²) >= 11 is 0. The number of carbonyl (C=O) groups excluding carboxylic acids is 1. The van der Waals surface area contributed by atoms with Gasteiger partial charge in [-0.25, -0.2) is 4.79 Å². The molecule has 6 nitrogen and oxygen atoms in total. The maximum Gasteiger partial charge on any atom is 0.417 e. The van der Waals surface area contributed by atoms with Crippen LogP contribution in [0.25, 0.3) is 0 Å². The van der Waals surface area contributed by atoms with E-state index in [0.29, 0.717) is 20.1 Å². The number of alkyl halides is 3. The fourth-order valence-corrected chi connectivity index (χ4v) is 1.82. The van der Waals surface area contributed by atoms with E-state index in [4.69, 9.17) is 9.84 Å². The van der Waals surface area contributed by atoms with Crippen molar-refractivity contribution in [2.24, 2.45) is 0 Å². The molecule has 0 aromatic heterocycles. The van der Waals surface area contributed by atoms with Gasteiger partial charge in [0.2, 0.25) is 11.4 Å². The molecule has 1 amide bonds. The second-order valence-corrected chi connectivity index (χ2v) is 4.73. The molecule has 2 atom stereocenters. The van der Waals surface area contributed by atoms with Crippen LogP contribution in [-0.4, -0.2) is 65.9 Å². The molecule has 2 N–H and O–H groups in total. The summed E-state index contributed by atoms with van der Waals surface area (Å²) in [4.78, 5) is 24.2. The molecular formula is C11H17F3N2O4. The summed E-state index contributed by atoms with van der Waals surface area (Å²) in [6.07, 6.45) is -5.02. The fraction of sp³-hybridized carbons (Fsp3) is 0.818. The number of morpholine rings is 1. The number of hydrogen-bond donors (Lipinski definition) is 2. The lowest BCUT2D eigenvalue weighted by atomic mass is 10.0. The number of carboxylic acids is 1. The van der Waals surface area contributed by atoms with Crippen molar-refractivity contribution >= 4 is 11.9 Å². The van der Waals surface area contributed by atoms with Gasteiger partial charge in [0.15, 0.2) is 0 Å². The number of rotatable bonds is 4. The van der Waals surface area contributed by atoms with Crippen LogP contribution in [-0.2, 0) is 14.3 Å². The van der Waals surface area contributed by atoms with E-state index < -0.39 is 29.6 Å². The average molecular weight is 298 g/mol. The van der Waals surface area contributed by atoms with Crippen LogP contribution in [0.2, 0.25) is 0 Å². The van der Waals surface area contributed by atoms with Gasteiger partial charge in [0.05, 0.1) is 19.3 Å². The molecule has 0 aliphatic carbocycles. The lowest BCUT2D eigenvalue weighted by molar-refractivity contribution is -0.207. The molecule has 1 aliphatic rings. The van der Waals surface area contributed by atoms with Crippen molar-refractivity contribution in [3.05, 3.63) is 0 Å². The van der Waals surface area contributed by atoms with Gasteiger partial charge in [0.1, 0.15) is 0 Å². The third-order valence-electron chi connectivity index (χ3n) is 3.19. The van der Waals surface area contributed by atoms with Crippen LogP contribution in [0.15, 0.2) is 0 Å². The Morgan fingerprint density at radius 1 is 1.30 bits per heavy atom. The van der Waals surface area contributed by atoms with E-state index in [2.05, 4.69) is 0 Å². The summed E-state index contributed by atoms with van der Waals surface area (Å²) in [5, 5.41) is 10.7. The van der Waals surface area contributed by atoms with E-state index in [1.54, 1.807) is 0 Å². The molecule has 0 bridgehead atoms. The van der Waals surface area contributed by atoms with Gasteiger partial charge in [-0.2, -0.15) is 13.2 Å². The first-order valence-electron chi connectivity index (χ1n) is 6.04. The van der Waals surface area contributed by atoms with Gasteiger partial charge >= 0.3 is 12.1 Å². The van der Waals surface area contributed by atoms with Gasteiger partial charge < -0.3 is 14.7 Å². The first-order valence-corrected chi connectivity index (χ1v) is 6.04. The average Bonchev–Trinajstić information content (AvgIpc) is 2.37. The summed E-state index contributed by atoms with van der Waals surface area (Å²) in [5.41, 5.74) is -3.17. The lowest BCUT2D eigenvalue weighted by Crippen LogP contribution is -2.65. The number of amides is 1. The zero-order valence-electron chi connectivity index (χ0n) is 11.2. The van der Waals surface area contributed by atoms with E-state index in [9.17, 15) is 22.8 Å². The second-order valence-electron chi connectivity index (χ2n) is 4.73. The molecular weight excluding hydrogens is 281 g/mol. The summed E-state index contributed by atoms with van der Waals surface area (Å²) in [5.74, 6) is -2.66. The van der Waals surface area contributed by atoms with Crippen LogP contribution in [0.5, 0.6) is 0 Å². The minimum absolute atomic E-state index is 0.278. The number of hydrogen-bond acceptors (Lipinski definition) is 4. The molecule has 1 saturated heterocycles. The summed E-state index contributed by atoms with van der Waals surface area (Å²) in [7, 11) is 0. The molecule has 9 heteroatoms. The standard InChI is InChI=1S/C11H17F3N2O4/c1-7(8(17)16-3-5-20-6-4-16)15-10(2,9(18)19)11(12,13)14/h7,15H,3-6H2,1-2H3,(H,18,19). The lowest BCUT2D eigenvalue weighted by Gasteiger charge is -2.34. The molecule has 0 aromatic carbocycles. The topological polar surface area (TPSA) is 78.9 Å². The Bertz CT molecular complexity index is 382. The molecule has 116 valence electrons. The largest absolute Gasteiger partial charge is 0.480 e. The SMILES string of the molecule is CC(NC(C)(C(=O)O)C(F)(F)F)C(=O)N1CCOCC1. The van der Waals surface area contributed by atoms with Crippen LogP contribution >= 0.6 is 0 Å². The highest BCUT2D eigenvalue weighted by molar-refractivity contribution is 5.84. The van der Waals surface area contributed by atoms with Gasteiger partial charge in [-0.05, 0) is 13.8 Å². The summed E-state index contributed by atoms with van der Waals surface area (Å²) in [6, 6.07) is -1.27. The molecule has 1 heterocycles. The van der Waals surface area contributed by atoms with E-state index in [-0.39, 0.29) is 13.1 Å². The van der Waals surface area contributed by atoms with Gasteiger partial charge in [0.25, 0.3) is 0 Å². The van der Waals surface area contributed by atoms with E-state index in [0.717, 1.165) is 0 Å². The maximum absolute atomic E-state index is 12.8. The van der Waals surface area contributed by atoms with Gasteiger partial charge in [0, 0.05) is 13.1 Å². The Morgan fingerprint density at radius 2 is 1.80 bits per heavy atom. The Balaban J connectivity index is 2.78. The highest BCUT2D eigenvalue weighted by atomic mass is 19.4. The second kappa shape index (κ2) is 5.96. The molecule has 1 aliphatic heterocycles. The zero-order valence-corrected chi connectivity index (χ0v) is 11.2. The fourth-order valence-electron chi connectivity index (χ4n) is 1.82. The van der Waals surface area contributed by atoms with Crippen LogP contribution in [0.4, 0.5) is 13.2 Å². The molecule has 2 unspecified atom stereocenters. The Morgan fingerprint density at radius 3 is 2.20 bits per heavy atom. The molecule has 20 heavy (non-hydrogen) atoms. The molecule has 0 spiro atoms. The minimum atomic E-state index is -5.02. The summed E-state index contributed by atoms with van der Waals surface area (Å²) < 4.78 is 43.5. The van der Waals surface area contributed by atoms with Crippen LogP contribution < -0.4 is 5.32 Å². The number of carboxylic acid groups (broad SMARTS) is 1. The highest BCUT2D eigenvalue weighted by Gasteiger charge is 2.58. The minimum Gasteiger partial charge on any atom is -0.480 e. The van der Waals surface area contributed by atoms with Gasteiger partial charge in [-0.15, -0.1) is 0 Å². The molecule has 1 rings (SSSR count). The Kier molecular flexibility index (Phi) is 4.98. The quantitative estimate of drug-likeness (QED) is 0.777. The predicted molar refractivity (Wildman–Crippen MR) is 62.1 cm³/mol. The van der Waals surface area contributed by atoms with Crippen molar-refractivity contribution in [2.75, 3.05) is 26.3 Å². The van der Waals surface area contributed by atoms with Crippen molar-refractivity contribution in [1.82, 2.24) is 10.2 Å². The Hall–Kier alpha value is -1.35. The maximum atomic E-state index is 12.8. The van der Waals surface area contributed by atoms with Crippen molar-refractivity contribution in [3.8, 4) is 0 Å². The van der Waals surface area contributed by atoms with Crippen LogP contribution in [0.3, 0.4) is 0 Å².